The Morgan fingerprint density at radius 1 is 0.525 bits per heavy atom. The van der Waals surface area contributed by atoms with Crippen LogP contribution in [0, 0.1) is 61.1 Å². The van der Waals surface area contributed by atoms with Crippen LogP contribution in [0.5, 0.6) is 0 Å². The van der Waals surface area contributed by atoms with Gasteiger partial charge in [0.1, 0.15) is 0 Å². The van der Waals surface area contributed by atoms with E-state index in [0.29, 0.717) is 36.1 Å². The summed E-state index contributed by atoms with van der Waals surface area (Å²) in [5.74, 6) is -3.01. The predicted octanol–water partition coefficient (Wildman–Crippen LogP) is 13.4. The van der Waals surface area contributed by atoms with E-state index in [9.17, 15) is 27.2 Å². The molecule has 0 atom stereocenters. The summed E-state index contributed by atoms with van der Waals surface area (Å²) in [4.78, 5) is 28.9. The Kier molecular flexibility index (Phi) is 20.5. The molecule has 0 bridgehead atoms. The average molecular weight is 863 g/mol. The van der Waals surface area contributed by atoms with E-state index in [1.807, 2.05) is 111 Å². The van der Waals surface area contributed by atoms with Crippen LogP contribution in [0.15, 0.2) is 133 Å². The molecule has 316 valence electrons. The Morgan fingerprint density at radius 3 is 1.13 bits per heavy atom. The fourth-order valence-corrected chi connectivity index (χ4v) is 7.47. The first-order valence-corrected chi connectivity index (χ1v) is 20.9. The van der Waals surface area contributed by atoms with Crippen molar-refractivity contribution in [3.63, 3.8) is 0 Å². The zero-order valence-corrected chi connectivity index (χ0v) is 36.6. The second-order valence-electron chi connectivity index (χ2n) is 15.5. The molecule has 4 nitrogen and oxygen atoms in total. The smallest absolute Gasteiger partial charge is 0.359 e. The summed E-state index contributed by atoms with van der Waals surface area (Å²) in [6, 6.07) is 43.5. The van der Waals surface area contributed by atoms with Crippen LogP contribution in [0.1, 0.15) is 96.1 Å². The maximum absolute atomic E-state index is 14.3. The summed E-state index contributed by atoms with van der Waals surface area (Å²) < 4.78 is 55.1. The third kappa shape index (κ3) is 15.7. The van der Waals surface area contributed by atoms with Gasteiger partial charge in [0.25, 0.3) is 0 Å². The molecule has 61 heavy (non-hydrogen) atoms. The number of hydrogen-bond donors (Lipinski definition) is 0. The Bertz CT molecular complexity index is 1950. The number of hydrogen-bond acceptors (Lipinski definition) is 2. The minimum atomic E-state index is -0.823. The fraction of sp³-hybridized carbons (Fsp3) is 0.308. The Labute approximate surface area is 374 Å². The van der Waals surface area contributed by atoms with Crippen LogP contribution in [-0.2, 0) is 21.7 Å². The first-order chi connectivity index (χ1) is 29.1. The molecule has 9 heteroatoms. The van der Waals surface area contributed by atoms with E-state index < -0.39 is 23.3 Å². The molecular weight excluding hydrogens is 808 g/mol. The number of amides is 2. The van der Waals surface area contributed by atoms with Crippen LogP contribution in [0.3, 0.4) is 0 Å². The third-order valence-corrected chi connectivity index (χ3v) is 10.8. The summed E-state index contributed by atoms with van der Waals surface area (Å²) in [5, 5.41) is 0. The van der Waals surface area contributed by atoms with Crippen molar-refractivity contribution in [1.29, 1.82) is 0 Å². The monoisotopic (exact) mass is 862 g/mol. The molecule has 0 aliphatic heterocycles. The van der Waals surface area contributed by atoms with Gasteiger partial charge in [-0.3, -0.25) is 9.59 Å². The van der Waals surface area contributed by atoms with E-state index >= 15 is 0 Å². The molecule has 2 saturated carbocycles. The van der Waals surface area contributed by atoms with E-state index in [0.717, 1.165) is 74.6 Å². The fourth-order valence-electron chi connectivity index (χ4n) is 7.47. The van der Waals surface area contributed by atoms with Gasteiger partial charge < -0.3 is 9.80 Å². The van der Waals surface area contributed by atoms with Crippen LogP contribution < -0.4 is 9.80 Å². The minimum absolute atomic E-state index is 0. The molecule has 2 aliphatic rings. The van der Waals surface area contributed by atoms with Crippen molar-refractivity contribution >= 4 is 23.2 Å². The molecule has 0 N–H and O–H groups in total. The largest absolute Gasteiger partial charge is 4.00 e. The van der Waals surface area contributed by atoms with Gasteiger partial charge in [-0.05, 0) is 87.0 Å². The molecule has 0 aromatic heterocycles. The number of nitrogens with zero attached hydrogens (tertiary/aromatic N) is 2. The molecule has 8 rings (SSSR count). The molecule has 0 spiro atoms. The predicted molar refractivity (Wildman–Crippen MR) is 233 cm³/mol. The van der Waals surface area contributed by atoms with Gasteiger partial charge >= 0.3 is 21.7 Å². The first kappa shape index (κ1) is 48.6. The topological polar surface area (TPSA) is 40.6 Å². The molecule has 6 aromatic rings. The van der Waals surface area contributed by atoms with Crippen molar-refractivity contribution in [3.05, 3.63) is 191 Å². The van der Waals surface area contributed by atoms with Crippen LogP contribution >= 0.6 is 0 Å². The molecule has 2 fully saturated rings. The summed E-state index contributed by atoms with van der Waals surface area (Å²) in [5.41, 5.74) is 3.30. The maximum atomic E-state index is 14.3. The van der Waals surface area contributed by atoms with Crippen LogP contribution in [0.4, 0.5) is 28.9 Å². The summed E-state index contributed by atoms with van der Waals surface area (Å²) >= 11 is 0. The van der Waals surface area contributed by atoms with E-state index in [-0.39, 0.29) is 44.9 Å². The first-order valence-electron chi connectivity index (χ1n) is 20.9. The molecule has 2 amide bonds. The van der Waals surface area contributed by atoms with E-state index in [4.69, 9.17) is 0 Å². The van der Waals surface area contributed by atoms with Crippen molar-refractivity contribution < 1.29 is 48.9 Å². The van der Waals surface area contributed by atoms with Crippen molar-refractivity contribution in [2.75, 3.05) is 22.9 Å². The zero-order valence-electron chi connectivity index (χ0n) is 35.1. The van der Waals surface area contributed by atoms with E-state index in [1.165, 1.54) is 34.8 Å². The summed E-state index contributed by atoms with van der Waals surface area (Å²) in [6.07, 6.45) is 11.1. The molecule has 0 radical (unpaired) electrons. The SMILES string of the molecule is Cc1ccc(C(=O)N(CC2CCCCC2)c2ccc(F)[c-]c2F)cc1.Cc1ccc(C(=O)N(CC2CCCCC2)c2ccc(F)[c-]c2F)cc1.[Ti+4].c1cc[cH-]c1.c1cc[cH-]c1. The summed E-state index contributed by atoms with van der Waals surface area (Å²) in [7, 11) is 0. The van der Waals surface area contributed by atoms with Gasteiger partial charge in [0.2, 0.25) is 11.8 Å². The number of carbonyl (C=O) groups is 2. The van der Waals surface area contributed by atoms with Crippen LogP contribution in [-0.4, -0.2) is 24.9 Å². The number of carbonyl (C=O) groups excluding carboxylic acids is 2. The Hall–Kier alpha value is -5.05. The standard InChI is InChI=1S/2C21H22F2NO.2C5H5.Ti/c2*1-15-7-9-17(10-8-15)21(25)24(14-16-5-3-2-4-6-16)20-12-11-18(22)13-19(20)23;2*1-2-4-5-3-1;/h2*7-12,16H,2-6,14H2,1H3;2*1-5H;/q4*-1;+4. The number of aryl methyl sites for hydroxylation is 2. The van der Waals surface area contributed by atoms with Crippen molar-refractivity contribution in [2.24, 2.45) is 11.8 Å². The number of anilines is 2. The number of benzene rings is 4. The number of halogens is 4. The van der Waals surface area contributed by atoms with Gasteiger partial charge in [-0.25, -0.2) is 41.8 Å². The van der Waals surface area contributed by atoms with Gasteiger partial charge in [-0.1, -0.05) is 73.9 Å². The van der Waals surface area contributed by atoms with E-state index in [2.05, 4.69) is 0 Å². The minimum Gasteiger partial charge on any atom is -0.359 e. The van der Waals surface area contributed by atoms with Crippen LogP contribution in [0.25, 0.3) is 0 Å². The van der Waals surface area contributed by atoms with Gasteiger partial charge in [0.15, 0.2) is 0 Å². The van der Waals surface area contributed by atoms with E-state index in [1.54, 1.807) is 24.3 Å². The second kappa shape index (κ2) is 25.7. The molecule has 0 heterocycles. The zero-order chi connectivity index (χ0) is 42.7. The normalized spacial score (nSPS) is 13.7. The van der Waals surface area contributed by atoms with Gasteiger partial charge in [0, 0.05) is 47.5 Å². The molecule has 2 aliphatic carbocycles. The van der Waals surface area contributed by atoms with Gasteiger partial charge in [-0.15, -0.1) is 36.4 Å². The summed E-state index contributed by atoms with van der Waals surface area (Å²) in [6.45, 7) is 4.79. The molecular formula is C52H54F4N2O2Ti. The maximum Gasteiger partial charge on any atom is 4.00 e. The Morgan fingerprint density at radius 2 is 0.852 bits per heavy atom. The molecule has 6 aromatic carbocycles. The van der Waals surface area contributed by atoms with Crippen LogP contribution in [0.2, 0.25) is 0 Å². The number of rotatable bonds is 8. The second-order valence-corrected chi connectivity index (χ2v) is 15.5. The third-order valence-electron chi connectivity index (χ3n) is 10.8. The van der Waals surface area contributed by atoms with Gasteiger partial charge in [-0.2, -0.15) is 36.4 Å². The Balaban J connectivity index is 0.000000215. The molecule has 0 unspecified atom stereocenters. The van der Waals surface area contributed by atoms with Crippen molar-refractivity contribution in [1.82, 2.24) is 0 Å². The average Bonchev–Trinajstić information content (AvgIpc) is 4.05. The molecule has 0 saturated heterocycles. The quantitative estimate of drug-likeness (QED) is 0.0869. The van der Waals surface area contributed by atoms with Gasteiger partial charge in [0.05, 0.1) is 0 Å². The van der Waals surface area contributed by atoms with Crippen molar-refractivity contribution in [3.8, 4) is 0 Å². The van der Waals surface area contributed by atoms with Crippen molar-refractivity contribution in [2.45, 2.75) is 78.1 Å².